The van der Waals surface area contributed by atoms with Crippen molar-refractivity contribution in [3.63, 3.8) is 0 Å². The van der Waals surface area contributed by atoms with Gasteiger partial charge in [-0.15, -0.1) is 0 Å². The molecule has 1 unspecified atom stereocenters. The summed E-state index contributed by atoms with van der Waals surface area (Å²) in [4.78, 5) is 18.7. The van der Waals surface area contributed by atoms with Crippen molar-refractivity contribution in [2.24, 2.45) is 0 Å². The predicted molar refractivity (Wildman–Crippen MR) is 98.1 cm³/mol. The fourth-order valence-corrected chi connectivity index (χ4v) is 3.62. The number of nitrogens with two attached hydrogens (primary N) is 1. The monoisotopic (exact) mass is 366 g/mol. The molecular formula is C17H15ClN8. The number of nitrogens with zero attached hydrogens (tertiary/aromatic N) is 6. The number of hydrogen-bond donors (Lipinski definition) is 2. The number of fused-ring (bicyclic) bond motifs is 2. The van der Waals surface area contributed by atoms with Crippen LogP contribution in [0.2, 0.25) is 5.02 Å². The first-order valence-electron chi connectivity index (χ1n) is 8.21. The van der Waals surface area contributed by atoms with Crippen LogP contribution in [0.5, 0.6) is 0 Å². The van der Waals surface area contributed by atoms with Gasteiger partial charge in [0.25, 0.3) is 0 Å². The number of pyridine rings is 1. The van der Waals surface area contributed by atoms with Crippen molar-refractivity contribution < 1.29 is 0 Å². The van der Waals surface area contributed by atoms with Gasteiger partial charge >= 0.3 is 0 Å². The van der Waals surface area contributed by atoms with Gasteiger partial charge in [-0.1, -0.05) is 11.6 Å². The third kappa shape index (κ3) is 2.30. The Bertz CT molecular complexity index is 1080. The number of nitrogens with one attached hydrogen (secondary N) is 1. The van der Waals surface area contributed by atoms with E-state index in [1.165, 1.54) is 0 Å². The van der Waals surface area contributed by atoms with Gasteiger partial charge in [-0.3, -0.25) is 0 Å². The van der Waals surface area contributed by atoms with Crippen LogP contribution in [0.3, 0.4) is 0 Å². The van der Waals surface area contributed by atoms with E-state index >= 15 is 0 Å². The van der Waals surface area contributed by atoms with Gasteiger partial charge in [0.05, 0.1) is 46.3 Å². The van der Waals surface area contributed by atoms with Crippen LogP contribution in [0.15, 0.2) is 43.1 Å². The normalized spacial score (nSPS) is 16.8. The largest absolute Gasteiger partial charge is 0.396 e. The second-order valence-electron chi connectivity index (χ2n) is 6.18. The second kappa shape index (κ2) is 5.70. The average Bonchev–Trinajstić information content (AvgIpc) is 3.29. The van der Waals surface area contributed by atoms with Gasteiger partial charge in [0.15, 0.2) is 0 Å². The molecule has 5 rings (SSSR count). The molecule has 1 atom stereocenters. The van der Waals surface area contributed by atoms with Crippen LogP contribution in [0, 0.1) is 0 Å². The van der Waals surface area contributed by atoms with E-state index in [1.54, 1.807) is 23.2 Å². The summed E-state index contributed by atoms with van der Waals surface area (Å²) >= 11 is 6.32. The molecule has 26 heavy (non-hydrogen) atoms. The summed E-state index contributed by atoms with van der Waals surface area (Å²) < 4.78 is 1.78. The van der Waals surface area contributed by atoms with Crippen LogP contribution < -0.4 is 10.6 Å². The first-order valence-corrected chi connectivity index (χ1v) is 8.58. The molecular weight excluding hydrogens is 352 g/mol. The van der Waals surface area contributed by atoms with Crippen LogP contribution in [-0.2, 0) is 6.42 Å². The fraction of sp³-hybridized carbons (Fsp3) is 0.176. The number of H-pyrrole nitrogens is 1. The maximum Gasteiger partial charge on any atom is 0.226 e. The summed E-state index contributed by atoms with van der Waals surface area (Å²) in [6.45, 7) is 0.741. The molecule has 130 valence electrons. The van der Waals surface area contributed by atoms with Crippen LogP contribution in [0.1, 0.15) is 23.1 Å². The topological polar surface area (TPSA) is 101 Å². The Labute approximate surface area is 153 Å². The molecule has 0 saturated heterocycles. The van der Waals surface area contributed by atoms with Gasteiger partial charge in [0.1, 0.15) is 6.04 Å². The molecule has 0 fully saturated rings. The van der Waals surface area contributed by atoms with Crippen LogP contribution >= 0.6 is 11.6 Å². The lowest BCUT2D eigenvalue weighted by molar-refractivity contribution is 0.602. The molecule has 5 heterocycles. The zero-order valence-corrected chi connectivity index (χ0v) is 14.4. The van der Waals surface area contributed by atoms with Crippen molar-refractivity contribution in [3.8, 4) is 0 Å². The molecule has 9 heteroatoms. The van der Waals surface area contributed by atoms with Crippen LogP contribution in [0.25, 0.3) is 5.52 Å². The van der Waals surface area contributed by atoms with Crippen molar-refractivity contribution in [1.82, 2.24) is 29.5 Å². The minimum absolute atomic E-state index is 0.204. The Morgan fingerprint density at radius 2 is 2.08 bits per heavy atom. The first kappa shape index (κ1) is 15.2. The third-order valence-electron chi connectivity index (χ3n) is 4.59. The van der Waals surface area contributed by atoms with Gasteiger partial charge in [-0.25, -0.2) is 19.5 Å². The van der Waals surface area contributed by atoms with E-state index in [2.05, 4.69) is 24.8 Å². The van der Waals surface area contributed by atoms with E-state index in [0.717, 1.165) is 35.6 Å². The maximum absolute atomic E-state index is 6.32. The summed E-state index contributed by atoms with van der Waals surface area (Å²) in [5.74, 6) is 0.598. The lowest BCUT2D eigenvalue weighted by Crippen LogP contribution is -2.37. The van der Waals surface area contributed by atoms with E-state index < -0.39 is 0 Å². The number of hydrogen-bond acceptors (Lipinski definition) is 6. The Morgan fingerprint density at radius 3 is 2.88 bits per heavy atom. The molecule has 0 bridgehead atoms. The molecule has 0 aliphatic carbocycles. The standard InChI is InChI=1S/C17H15ClN8/c18-11-2-1-4-26-14(11)6-13(24-26)16-15-12(22-9-23-15)3-5-25(16)17-20-7-10(19)8-21-17/h1-2,4,6-9,16H,3,5,19H2,(H,22,23). The predicted octanol–water partition coefficient (Wildman–Crippen LogP) is 2.24. The third-order valence-corrected chi connectivity index (χ3v) is 4.91. The molecule has 0 spiro atoms. The second-order valence-corrected chi connectivity index (χ2v) is 6.59. The number of aromatic nitrogens is 6. The molecule has 8 nitrogen and oxygen atoms in total. The maximum atomic E-state index is 6.32. The van der Waals surface area contributed by atoms with Crippen LogP contribution in [-0.4, -0.2) is 36.1 Å². The Balaban J connectivity index is 1.68. The number of nitrogen functional groups attached to an aromatic ring is 1. The smallest absolute Gasteiger partial charge is 0.226 e. The first-order chi connectivity index (χ1) is 12.7. The Morgan fingerprint density at radius 1 is 1.23 bits per heavy atom. The van der Waals surface area contributed by atoms with E-state index in [0.29, 0.717) is 16.7 Å². The molecule has 0 amide bonds. The molecule has 0 saturated carbocycles. The lowest BCUT2D eigenvalue weighted by Gasteiger charge is -2.33. The molecule has 4 aromatic rings. The summed E-state index contributed by atoms with van der Waals surface area (Å²) in [6.07, 6.45) is 7.64. The van der Waals surface area contributed by atoms with Crippen molar-refractivity contribution in [3.05, 3.63) is 65.2 Å². The lowest BCUT2D eigenvalue weighted by atomic mass is 10.0. The number of anilines is 2. The van der Waals surface area contributed by atoms with E-state index in [4.69, 9.17) is 22.4 Å². The highest BCUT2D eigenvalue weighted by Gasteiger charge is 2.34. The van der Waals surface area contributed by atoms with Gasteiger partial charge in [0.2, 0.25) is 5.95 Å². The summed E-state index contributed by atoms with van der Waals surface area (Å²) in [5.41, 5.74) is 9.99. The number of rotatable bonds is 2. The fourth-order valence-electron chi connectivity index (χ4n) is 3.40. The number of imidazole rings is 1. The highest BCUT2D eigenvalue weighted by Crippen LogP contribution is 2.35. The Kier molecular flexibility index (Phi) is 3.32. The zero-order valence-electron chi connectivity index (χ0n) is 13.7. The minimum Gasteiger partial charge on any atom is -0.396 e. The van der Waals surface area contributed by atoms with Gasteiger partial charge < -0.3 is 15.6 Å². The van der Waals surface area contributed by atoms with Gasteiger partial charge in [0, 0.05) is 24.9 Å². The van der Waals surface area contributed by atoms with Crippen molar-refractivity contribution in [2.75, 3.05) is 17.2 Å². The Hall–Kier alpha value is -3.13. The highest BCUT2D eigenvalue weighted by atomic mass is 35.5. The summed E-state index contributed by atoms with van der Waals surface area (Å²) in [6, 6.07) is 5.50. The zero-order chi connectivity index (χ0) is 17.7. The minimum atomic E-state index is -0.204. The summed E-state index contributed by atoms with van der Waals surface area (Å²) in [5, 5.41) is 5.38. The molecule has 4 aromatic heterocycles. The SMILES string of the molecule is Nc1cnc(N2CCc3[nH]cnc3C2c2cc3c(Cl)cccn3n2)nc1. The van der Waals surface area contributed by atoms with Gasteiger partial charge in [-0.05, 0) is 18.2 Å². The number of aromatic amines is 1. The van der Waals surface area contributed by atoms with Crippen molar-refractivity contribution in [1.29, 1.82) is 0 Å². The van der Waals surface area contributed by atoms with Crippen molar-refractivity contribution >= 4 is 28.8 Å². The molecule has 3 N–H and O–H groups in total. The van der Waals surface area contributed by atoms with E-state index in [9.17, 15) is 0 Å². The van der Waals surface area contributed by atoms with Crippen LogP contribution in [0.4, 0.5) is 11.6 Å². The molecule has 1 aliphatic rings. The van der Waals surface area contributed by atoms with Gasteiger partial charge in [-0.2, -0.15) is 5.10 Å². The quantitative estimate of drug-likeness (QED) is 0.564. The highest BCUT2D eigenvalue weighted by molar-refractivity contribution is 6.33. The molecule has 1 aliphatic heterocycles. The average molecular weight is 367 g/mol. The van der Waals surface area contributed by atoms with E-state index in [-0.39, 0.29) is 6.04 Å². The number of halogens is 1. The molecule has 0 radical (unpaired) electrons. The van der Waals surface area contributed by atoms with E-state index in [1.807, 2.05) is 24.4 Å². The molecule has 0 aromatic carbocycles. The summed E-state index contributed by atoms with van der Waals surface area (Å²) in [7, 11) is 0. The van der Waals surface area contributed by atoms with Crippen molar-refractivity contribution in [2.45, 2.75) is 12.5 Å².